The fourth-order valence-electron chi connectivity index (χ4n) is 3.09. The van der Waals surface area contributed by atoms with Gasteiger partial charge >= 0.3 is 0 Å². The van der Waals surface area contributed by atoms with E-state index in [1.165, 1.54) is 5.56 Å². The van der Waals surface area contributed by atoms with Crippen molar-refractivity contribution in [2.75, 3.05) is 16.7 Å². The summed E-state index contributed by atoms with van der Waals surface area (Å²) in [7, 11) is 0. The molecule has 3 aromatic carbocycles. The van der Waals surface area contributed by atoms with E-state index < -0.39 is 0 Å². The second-order valence-corrected chi connectivity index (χ2v) is 8.76. The van der Waals surface area contributed by atoms with Crippen LogP contribution >= 0.6 is 47.8 Å². The van der Waals surface area contributed by atoms with Crippen LogP contribution < -0.4 is 15.3 Å². The maximum Gasteiger partial charge on any atom is 0.127 e. The lowest BCUT2D eigenvalue weighted by Crippen LogP contribution is -2.38. The van der Waals surface area contributed by atoms with Crippen LogP contribution in [-0.4, -0.2) is 6.67 Å². The Bertz CT molecular complexity index is 826. The third kappa shape index (κ3) is 3.69. The molecule has 0 aromatic heterocycles. The van der Waals surface area contributed by atoms with Crippen LogP contribution in [0.3, 0.4) is 0 Å². The maximum atomic E-state index is 3.63. The van der Waals surface area contributed by atoms with E-state index in [9.17, 15) is 0 Å². The number of hydrogen-bond acceptors (Lipinski definition) is 3. The maximum absolute atomic E-state index is 3.63. The monoisotopic (exact) mass is 535 g/mol. The van der Waals surface area contributed by atoms with Crippen LogP contribution in [0.5, 0.6) is 0 Å². The molecular formula is C20H16Br3N3. The van der Waals surface area contributed by atoms with Crippen molar-refractivity contribution in [1.29, 1.82) is 0 Å². The third-order valence-electron chi connectivity index (χ3n) is 4.34. The zero-order valence-electron chi connectivity index (χ0n) is 13.7. The Morgan fingerprint density at radius 1 is 0.654 bits per heavy atom. The zero-order valence-corrected chi connectivity index (χ0v) is 18.5. The Labute approximate surface area is 178 Å². The largest absolute Gasteiger partial charge is 0.273 e. The van der Waals surface area contributed by atoms with Gasteiger partial charge in [-0.25, -0.2) is 0 Å². The highest BCUT2D eigenvalue weighted by Gasteiger charge is 2.33. The van der Waals surface area contributed by atoms with Gasteiger partial charge in [0.2, 0.25) is 0 Å². The van der Waals surface area contributed by atoms with E-state index in [-0.39, 0.29) is 6.17 Å². The second kappa shape index (κ2) is 7.72. The Morgan fingerprint density at radius 3 is 1.65 bits per heavy atom. The fourth-order valence-corrected chi connectivity index (χ4v) is 3.88. The van der Waals surface area contributed by atoms with Crippen LogP contribution in [0.2, 0.25) is 0 Å². The number of hydrogen-bond donors (Lipinski definition) is 1. The molecule has 0 bridgehead atoms. The topological polar surface area (TPSA) is 18.5 Å². The lowest BCUT2D eigenvalue weighted by atomic mass is 10.1. The summed E-state index contributed by atoms with van der Waals surface area (Å²) in [4.78, 5) is 0. The Morgan fingerprint density at radius 2 is 1.12 bits per heavy atom. The second-order valence-electron chi connectivity index (χ2n) is 6.01. The zero-order chi connectivity index (χ0) is 18.1. The van der Waals surface area contributed by atoms with E-state index in [1.54, 1.807) is 0 Å². The SMILES string of the molecule is Brc1ccc(C2NCN(c3ccc(Br)cc3)N2c2ccc(Br)cc2)cc1. The van der Waals surface area contributed by atoms with Crippen molar-refractivity contribution in [2.45, 2.75) is 6.17 Å². The van der Waals surface area contributed by atoms with Gasteiger partial charge in [0, 0.05) is 13.4 Å². The minimum atomic E-state index is 0.0629. The lowest BCUT2D eigenvalue weighted by molar-refractivity contribution is 0.642. The molecule has 1 heterocycles. The van der Waals surface area contributed by atoms with Crippen molar-refractivity contribution in [1.82, 2.24) is 5.32 Å². The van der Waals surface area contributed by atoms with Gasteiger partial charge in [-0.15, -0.1) is 0 Å². The van der Waals surface area contributed by atoms with Crippen LogP contribution in [0, 0.1) is 0 Å². The predicted octanol–water partition coefficient (Wildman–Crippen LogP) is 6.46. The number of nitrogens with one attached hydrogen (secondary N) is 1. The van der Waals surface area contributed by atoms with Crippen LogP contribution in [0.1, 0.15) is 11.7 Å². The average Bonchev–Trinajstić information content (AvgIpc) is 3.08. The van der Waals surface area contributed by atoms with E-state index in [0.717, 1.165) is 31.5 Å². The van der Waals surface area contributed by atoms with E-state index >= 15 is 0 Å². The van der Waals surface area contributed by atoms with E-state index in [1.807, 2.05) is 0 Å². The highest BCUT2D eigenvalue weighted by atomic mass is 79.9. The predicted molar refractivity (Wildman–Crippen MR) is 118 cm³/mol. The van der Waals surface area contributed by atoms with Crippen molar-refractivity contribution in [2.24, 2.45) is 0 Å². The van der Waals surface area contributed by atoms with Gasteiger partial charge in [-0.1, -0.05) is 59.9 Å². The summed E-state index contributed by atoms with van der Waals surface area (Å²) in [5.41, 5.74) is 3.49. The van der Waals surface area contributed by atoms with Gasteiger partial charge in [0.05, 0.1) is 18.0 Å². The molecule has 0 saturated carbocycles. The van der Waals surface area contributed by atoms with Crippen molar-refractivity contribution in [3.05, 3.63) is 91.8 Å². The van der Waals surface area contributed by atoms with Gasteiger partial charge in [0.15, 0.2) is 0 Å². The van der Waals surface area contributed by atoms with Crippen molar-refractivity contribution >= 4 is 59.2 Å². The molecule has 0 amide bonds. The summed E-state index contributed by atoms with van der Waals surface area (Å²) in [6.45, 7) is 0.735. The summed E-state index contributed by atoms with van der Waals surface area (Å²) in [6.07, 6.45) is 0.0629. The molecule has 26 heavy (non-hydrogen) atoms. The smallest absolute Gasteiger partial charge is 0.127 e. The number of benzene rings is 3. The molecule has 1 saturated heterocycles. The minimum absolute atomic E-state index is 0.0629. The van der Waals surface area contributed by atoms with E-state index in [4.69, 9.17) is 0 Å². The Balaban J connectivity index is 1.75. The van der Waals surface area contributed by atoms with Crippen LogP contribution in [0.4, 0.5) is 11.4 Å². The molecule has 3 nitrogen and oxygen atoms in total. The summed E-state index contributed by atoms with van der Waals surface area (Å²) < 4.78 is 3.23. The molecule has 4 rings (SSSR count). The molecule has 1 atom stereocenters. The van der Waals surface area contributed by atoms with Crippen LogP contribution in [-0.2, 0) is 0 Å². The molecule has 0 radical (unpaired) electrons. The van der Waals surface area contributed by atoms with Crippen LogP contribution in [0.15, 0.2) is 86.2 Å². The quantitative estimate of drug-likeness (QED) is 0.413. The first kappa shape index (κ1) is 18.0. The van der Waals surface area contributed by atoms with E-state index in [0.29, 0.717) is 0 Å². The number of anilines is 2. The molecule has 1 aliphatic rings. The van der Waals surface area contributed by atoms with Gasteiger partial charge in [-0.3, -0.25) is 15.3 Å². The Hall–Kier alpha value is -1.34. The molecule has 0 spiro atoms. The average molecular weight is 538 g/mol. The molecule has 3 aromatic rings. The fraction of sp³-hybridized carbons (Fsp3) is 0.100. The van der Waals surface area contributed by atoms with Gasteiger partial charge in [-0.2, -0.15) is 0 Å². The highest BCUT2D eigenvalue weighted by molar-refractivity contribution is 9.11. The first-order chi connectivity index (χ1) is 12.6. The Kier molecular flexibility index (Phi) is 5.36. The van der Waals surface area contributed by atoms with E-state index in [2.05, 4.69) is 136 Å². The van der Waals surface area contributed by atoms with Gasteiger partial charge in [-0.05, 0) is 66.2 Å². The minimum Gasteiger partial charge on any atom is -0.273 e. The molecule has 132 valence electrons. The highest BCUT2D eigenvalue weighted by Crippen LogP contribution is 2.35. The first-order valence-corrected chi connectivity index (χ1v) is 10.6. The van der Waals surface area contributed by atoms with Gasteiger partial charge < -0.3 is 0 Å². The molecule has 1 N–H and O–H groups in total. The molecule has 1 aliphatic heterocycles. The molecule has 6 heteroatoms. The number of rotatable bonds is 3. The first-order valence-electron chi connectivity index (χ1n) is 8.18. The van der Waals surface area contributed by atoms with Crippen LogP contribution in [0.25, 0.3) is 0 Å². The van der Waals surface area contributed by atoms with Gasteiger partial charge in [0.25, 0.3) is 0 Å². The summed E-state index contributed by atoms with van der Waals surface area (Å²) in [5.74, 6) is 0. The summed E-state index contributed by atoms with van der Waals surface area (Å²) in [6, 6.07) is 25.3. The van der Waals surface area contributed by atoms with Gasteiger partial charge in [0.1, 0.15) is 6.17 Å². The summed E-state index contributed by atoms with van der Waals surface area (Å²) >= 11 is 10.6. The molecule has 1 unspecified atom stereocenters. The third-order valence-corrected chi connectivity index (χ3v) is 5.93. The number of halogens is 3. The number of nitrogens with zero attached hydrogens (tertiary/aromatic N) is 2. The number of hydrazine groups is 1. The van der Waals surface area contributed by atoms with Crippen molar-refractivity contribution in [3.8, 4) is 0 Å². The van der Waals surface area contributed by atoms with Crippen molar-refractivity contribution < 1.29 is 0 Å². The molecular weight excluding hydrogens is 522 g/mol. The lowest BCUT2D eigenvalue weighted by Gasteiger charge is -2.34. The molecule has 1 fully saturated rings. The van der Waals surface area contributed by atoms with Crippen molar-refractivity contribution in [3.63, 3.8) is 0 Å². The standard InChI is InChI=1S/C20H16Br3N3/c21-15-3-1-14(2-4-15)20-24-13-25(18-9-5-16(22)6-10-18)26(20)19-11-7-17(23)8-12-19/h1-12,20,24H,13H2. The molecule has 0 aliphatic carbocycles. The summed E-state index contributed by atoms with van der Waals surface area (Å²) in [5, 5.41) is 8.20. The normalized spacial score (nSPS) is 17.0.